The molecule has 102 valence electrons. The van der Waals surface area contributed by atoms with Crippen LogP contribution in [-0.2, 0) is 10.0 Å². The minimum absolute atomic E-state index is 0.286. The summed E-state index contributed by atoms with van der Waals surface area (Å²) in [6.07, 6.45) is 0.534. The normalized spacial score (nSPS) is 12.1. The summed E-state index contributed by atoms with van der Waals surface area (Å²) in [5.74, 6) is -0.386. The smallest absolute Gasteiger partial charge is 0.207 e. The first kappa shape index (κ1) is 15.9. The quantitative estimate of drug-likeness (QED) is 0.732. The lowest BCUT2D eigenvalue weighted by atomic mass is 10.3. The molecule has 0 amide bonds. The SMILES string of the molecule is CCN(CCCCl)S(=O)(=O)c1ccc(Br)cc1F. The predicted molar refractivity (Wildman–Crippen MR) is 73.9 cm³/mol. The van der Waals surface area contributed by atoms with Crippen LogP contribution in [0, 0.1) is 5.82 Å². The van der Waals surface area contributed by atoms with Crippen molar-refractivity contribution in [3.8, 4) is 0 Å². The van der Waals surface area contributed by atoms with Crippen LogP contribution in [0.25, 0.3) is 0 Å². The number of sulfonamides is 1. The number of hydrogen-bond acceptors (Lipinski definition) is 2. The fourth-order valence-electron chi connectivity index (χ4n) is 1.51. The van der Waals surface area contributed by atoms with E-state index in [4.69, 9.17) is 11.6 Å². The van der Waals surface area contributed by atoms with Gasteiger partial charge in [-0.1, -0.05) is 22.9 Å². The Kier molecular flexibility index (Phi) is 6.04. The van der Waals surface area contributed by atoms with Gasteiger partial charge in [-0.05, 0) is 24.6 Å². The zero-order valence-electron chi connectivity index (χ0n) is 9.87. The van der Waals surface area contributed by atoms with Crippen molar-refractivity contribution in [2.75, 3.05) is 19.0 Å². The number of benzene rings is 1. The van der Waals surface area contributed by atoms with Crippen LogP contribution < -0.4 is 0 Å². The highest BCUT2D eigenvalue weighted by Crippen LogP contribution is 2.22. The Hall–Kier alpha value is -0.170. The second kappa shape index (κ2) is 6.84. The zero-order valence-corrected chi connectivity index (χ0v) is 13.0. The maximum Gasteiger partial charge on any atom is 0.245 e. The highest BCUT2D eigenvalue weighted by Gasteiger charge is 2.25. The van der Waals surface area contributed by atoms with Crippen LogP contribution in [0.1, 0.15) is 13.3 Å². The number of hydrogen-bond donors (Lipinski definition) is 0. The van der Waals surface area contributed by atoms with Crippen molar-refractivity contribution in [3.05, 3.63) is 28.5 Å². The maximum absolute atomic E-state index is 13.7. The summed E-state index contributed by atoms with van der Waals surface area (Å²) in [4.78, 5) is -0.304. The lowest BCUT2D eigenvalue weighted by molar-refractivity contribution is 0.423. The third-order valence-electron chi connectivity index (χ3n) is 2.41. The third-order valence-corrected chi connectivity index (χ3v) is 5.17. The van der Waals surface area contributed by atoms with E-state index in [2.05, 4.69) is 15.9 Å². The molecule has 0 bridgehead atoms. The van der Waals surface area contributed by atoms with Crippen molar-refractivity contribution in [1.82, 2.24) is 4.31 Å². The van der Waals surface area contributed by atoms with Gasteiger partial charge in [-0.3, -0.25) is 0 Å². The first-order valence-corrected chi connectivity index (χ1v) is 8.21. The van der Waals surface area contributed by atoms with E-state index in [1.807, 2.05) is 0 Å². The van der Waals surface area contributed by atoms with Gasteiger partial charge in [0.15, 0.2) is 0 Å². The Morgan fingerprint density at radius 1 is 1.44 bits per heavy atom. The lowest BCUT2D eigenvalue weighted by Gasteiger charge is -2.20. The molecular formula is C11H14BrClFNO2S. The van der Waals surface area contributed by atoms with Gasteiger partial charge >= 0.3 is 0 Å². The van der Waals surface area contributed by atoms with Crippen molar-refractivity contribution < 1.29 is 12.8 Å². The molecule has 1 rings (SSSR count). The first-order valence-electron chi connectivity index (χ1n) is 5.44. The Bertz CT molecular complexity index is 510. The van der Waals surface area contributed by atoms with E-state index >= 15 is 0 Å². The molecule has 0 unspecified atom stereocenters. The second-order valence-corrected chi connectivity index (χ2v) is 6.81. The van der Waals surface area contributed by atoms with E-state index in [-0.39, 0.29) is 18.0 Å². The van der Waals surface area contributed by atoms with Crippen LogP contribution >= 0.6 is 27.5 Å². The molecule has 0 spiro atoms. The van der Waals surface area contributed by atoms with Crippen LogP contribution in [0.5, 0.6) is 0 Å². The van der Waals surface area contributed by atoms with Crippen molar-refractivity contribution in [1.29, 1.82) is 0 Å². The second-order valence-electron chi connectivity index (χ2n) is 3.61. The van der Waals surface area contributed by atoms with E-state index in [0.29, 0.717) is 16.8 Å². The number of nitrogens with zero attached hydrogens (tertiary/aromatic N) is 1. The fraction of sp³-hybridized carbons (Fsp3) is 0.455. The summed E-state index contributed by atoms with van der Waals surface area (Å²) in [6.45, 7) is 2.29. The molecule has 0 saturated carbocycles. The first-order chi connectivity index (χ1) is 8.43. The van der Waals surface area contributed by atoms with E-state index < -0.39 is 15.8 Å². The molecule has 0 saturated heterocycles. The minimum Gasteiger partial charge on any atom is -0.207 e. The van der Waals surface area contributed by atoms with Crippen molar-refractivity contribution in [3.63, 3.8) is 0 Å². The molecule has 0 N–H and O–H groups in total. The van der Waals surface area contributed by atoms with Gasteiger partial charge in [0.05, 0.1) is 0 Å². The van der Waals surface area contributed by atoms with Gasteiger partial charge in [-0.2, -0.15) is 4.31 Å². The highest BCUT2D eigenvalue weighted by molar-refractivity contribution is 9.10. The Labute approximate surface area is 120 Å². The van der Waals surface area contributed by atoms with E-state index in [1.165, 1.54) is 16.4 Å². The molecule has 0 radical (unpaired) electrons. The number of alkyl halides is 1. The summed E-state index contributed by atoms with van der Waals surface area (Å²) in [5.41, 5.74) is 0. The molecule has 0 aliphatic carbocycles. The van der Waals surface area contributed by atoms with Crippen LogP contribution in [0.15, 0.2) is 27.6 Å². The van der Waals surface area contributed by atoms with Crippen molar-refractivity contribution >= 4 is 37.6 Å². The van der Waals surface area contributed by atoms with E-state index in [0.717, 1.165) is 6.07 Å². The summed E-state index contributed by atoms with van der Waals surface area (Å²) in [6, 6.07) is 3.91. The maximum atomic E-state index is 13.7. The Morgan fingerprint density at radius 2 is 2.11 bits per heavy atom. The topological polar surface area (TPSA) is 37.4 Å². The molecule has 3 nitrogen and oxygen atoms in total. The predicted octanol–water partition coefficient (Wildman–Crippen LogP) is 3.23. The Morgan fingerprint density at radius 3 is 2.61 bits per heavy atom. The van der Waals surface area contributed by atoms with Gasteiger partial charge in [0.1, 0.15) is 10.7 Å². The van der Waals surface area contributed by atoms with Gasteiger partial charge in [0.2, 0.25) is 10.0 Å². The van der Waals surface area contributed by atoms with Crippen LogP contribution in [0.3, 0.4) is 0 Å². The van der Waals surface area contributed by atoms with Gasteiger partial charge < -0.3 is 0 Å². The molecule has 0 heterocycles. The minimum atomic E-state index is -3.79. The average molecular weight is 359 g/mol. The largest absolute Gasteiger partial charge is 0.245 e. The zero-order chi connectivity index (χ0) is 13.8. The van der Waals surface area contributed by atoms with Crippen molar-refractivity contribution in [2.45, 2.75) is 18.2 Å². The lowest BCUT2D eigenvalue weighted by Crippen LogP contribution is -2.32. The molecule has 18 heavy (non-hydrogen) atoms. The molecule has 1 aromatic carbocycles. The fourth-order valence-corrected chi connectivity index (χ4v) is 3.49. The molecule has 1 aromatic rings. The van der Waals surface area contributed by atoms with Crippen LogP contribution in [0.2, 0.25) is 0 Å². The summed E-state index contributed by atoms with van der Waals surface area (Å²) < 4.78 is 39.9. The molecule has 0 atom stereocenters. The molecule has 0 aliphatic rings. The average Bonchev–Trinajstić information content (AvgIpc) is 2.29. The van der Waals surface area contributed by atoms with Crippen LogP contribution in [-0.4, -0.2) is 31.7 Å². The summed E-state index contributed by atoms with van der Waals surface area (Å²) in [7, 11) is -3.79. The van der Waals surface area contributed by atoms with Crippen molar-refractivity contribution in [2.24, 2.45) is 0 Å². The number of rotatable bonds is 6. The molecule has 7 heteroatoms. The standard InChI is InChI=1S/C11H14BrClFNO2S/c1-2-15(7-3-6-13)18(16,17)11-5-4-9(12)8-10(11)14/h4-5,8H,2-3,6-7H2,1H3. The molecule has 0 aliphatic heterocycles. The monoisotopic (exact) mass is 357 g/mol. The summed E-state index contributed by atoms with van der Waals surface area (Å²) in [5, 5.41) is 0. The molecule has 0 aromatic heterocycles. The van der Waals surface area contributed by atoms with E-state index in [1.54, 1.807) is 6.92 Å². The van der Waals surface area contributed by atoms with Gasteiger partial charge in [-0.25, -0.2) is 12.8 Å². The van der Waals surface area contributed by atoms with E-state index in [9.17, 15) is 12.8 Å². The van der Waals surface area contributed by atoms with Gasteiger partial charge in [-0.15, -0.1) is 11.6 Å². The third kappa shape index (κ3) is 3.66. The molecular weight excluding hydrogens is 345 g/mol. The summed E-state index contributed by atoms with van der Waals surface area (Å²) >= 11 is 8.64. The molecule has 0 fully saturated rings. The van der Waals surface area contributed by atoms with Crippen LogP contribution in [0.4, 0.5) is 4.39 Å². The number of halogens is 3. The highest BCUT2D eigenvalue weighted by atomic mass is 79.9. The van der Waals surface area contributed by atoms with Gasteiger partial charge in [0, 0.05) is 23.4 Å². The Balaban J connectivity index is 3.10. The van der Waals surface area contributed by atoms with Gasteiger partial charge in [0.25, 0.3) is 0 Å².